The molecule has 1 N–H and O–H groups in total. The van der Waals surface area contributed by atoms with Crippen LogP contribution in [0.25, 0.3) is 0 Å². The number of aliphatic hydroxyl groups is 1. The van der Waals surface area contributed by atoms with Crippen LogP contribution in [0.3, 0.4) is 0 Å². The predicted octanol–water partition coefficient (Wildman–Crippen LogP) is 3.47. The highest BCUT2D eigenvalue weighted by molar-refractivity contribution is 5.44. The van der Waals surface area contributed by atoms with Crippen LogP contribution in [-0.2, 0) is 0 Å². The Morgan fingerprint density at radius 3 is 2.19 bits per heavy atom. The topological polar surface area (TPSA) is 32.7 Å². The van der Waals surface area contributed by atoms with Gasteiger partial charge in [0, 0.05) is 6.54 Å². The van der Waals surface area contributed by atoms with Crippen LogP contribution in [0.5, 0.6) is 5.75 Å². The van der Waals surface area contributed by atoms with Crippen molar-refractivity contribution < 1.29 is 9.84 Å². The highest BCUT2D eigenvalue weighted by Crippen LogP contribution is 2.25. The molecule has 0 radical (unpaired) electrons. The maximum Gasteiger partial charge on any atom is 0.125 e. The molecule has 3 nitrogen and oxygen atoms in total. The molecule has 1 aromatic rings. The summed E-state index contributed by atoms with van der Waals surface area (Å²) in [5.41, 5.74) is 3.52. The van der Waals surface area contributed by atoms with E-state index >= 15 is 0 Å². The van der Waals surface area contributed by atoms with Gasteiger partial charge in [-0.2, -0.15) is 0 Å². The average Bonchev–Trinajstić information content (AvgIpc) is 2.43. The van der Waals surface area contributed by atoms with Gasteiger partial charge in [-0.3, -0.25) is 0 Å². The van der Waals surface area contributed by atoms with E-state index in [1.54, 1.807) is 0 Å². The molecule has 1 rings (SSSR count). The molecule has 1 atom stereocenters. The zero-order chi connectivity index (χ0) is 15.8. The van der Waals surface area contributed by atoms with Crippen LogP contribution in [0.4, 0.5) is 0 Å². The van der Waals surface area contributed by atoms with Crippen molar-refractivity contribution in [2.75, 3.05) is 26.2 Å². The maximum absolute atomic E-state index is 10.2. The molecule has 0 aliphatic heterocycles. The van der Waals surface area contributed by atoms with Crippen molar-refractivity contribution in [3.63, 3.8) is 0 Å². The van der Waals surface area contributed by atoms with Crippen molar-refractivity contribution >= 4 is 0 Å². The summed E-state index contributed by atoms with van der Waals surface area (Å²) in [6.07, 6.45) is 1.79. The molecule has 0 aromatic heterocycles. The van der Waals surface area contributed by atoms with Gasteiger partial charge in [0.1, 0.15) is 18.5 Å². The molecule has 0 spiro atoms. The van der Waals surface area contributed by atoms with Gasteiger partial charge in [0.25, 0.3) is 0 Å². The number of hydrogen-bond acceptors (Lipinski definition) is 3. The fourth-order valence-electron chi connectivity index (χ4n) is 2.60. The van der Waals surface area contributed by atoms with Crippen LogP contribution >= 0.6 is 0 Å². The van der Waals surface area contributed by atoms with Gasteiger partial charge in [0.2, 0.25) is 0 Å². The van der Waals surface area contributed by atoms with Crippen molar-refractivity contribution in [1.82, 2.24) is 4.90 Å². The SMILES string of the molecule is CCCN(CCC)C[C@H](O)COc1c(C)ccc(C)c1C. The molecule has 0 aliphatic rings. The van der Waals surface area contributed by atoms with E-state index in [2.05, 4.69) is 51.7 Å². The first-order chi connectivity index (χ1) is 9.99. The third kappa shape index (κ3) is 5.68. The smallest absolute Gasteiger partial charge is 0.125 e. The number of benzene rings is 1. The third-order valence-corrected chi connectivity index (χ3v) is 3.84. The van der Waals surface area contributed by atoms with Crippen LogP contribution < -0.4 is 4.74 Å². The van der Waals surface area contributed by atoms with Crippen molar-refractivity contribution in [3.8, 4) is 5.75 Å². The second kappa shape index (κ2) is 9.06. The van der Waals surface area contributed by atoms with Crippen LogP contribution in [0.15, 0.2) is 12.1 Å². The van der Waals surface area contributed by atoms with E-state index in [1.807, 2.05) is 0 Å². The average molecular weight is 293 g/mol. The molecule has 0 bridgehead atoms. The molecular weight excluding hydrogens is 262 g/mol. The van der Waals surface area contributed by atoms with E-state index in [9.17, 15) is 5.11 Å². The van der Waals surface area contributed by atoms with Crippen molar-refractivity contribution in [2.24, 2.45) is 0 Å². The summed E-state index contributed by atoms with van der Waals surface area (Å²) < 4.78 is 5.89. The Morgan fingerprint density at radius 1 is 1.05 bits per heavy atom. The zero-order valence-corrected chi connectivity index (χ0v) is 14.3. The molecule has 3 heteroatoms. The summed E-state index contributed by atoms with van der Waals surface area (Å²) in [4.78, 5) is 2.31. The van der Waals surface area contributed by atoms with Crippen LogP contribution in [0, 0.1) is 20.8 Å². The van der Waals surface area contributed by atoms with Gasteiger partial charge in [-0.25, -0.2) is 0 Å². The minimum Gasteiger partial charge on any atom is -0.490 e. The highest BCUT2D eigenvalue weighted by Gasteiger charge is 2.13. The first-order valence-corrected chi connectivity index (χ1v) is 8.09. The molecule has 21 heavy (non-hydrogen) atoms. The number of rotatable bonds is 9. The zero-order valence-electron chi connectivity index (χ0n) is 14.3. The van der Waals surface area contributed by atoms with Gasteiger partial charge in [0.05, 0.1) is 0 Å². The fraction of sp³-hybridized carbons (Fsp3) is 0.667. The van der Waals surface area contributed by atoms with E-state index < -0.39 is 6.10 Å². The van der Waals surface area contributed by atoms with Gasteiger partial charge >= 0.3 is 0 Å². The normalized spacial score (nSPS) is 12.7. The highest BCUT2D eigenvalue weighted by atomic mass is 16.5. The van der Waals surface area contributed by atoms with Gasteiger partial charge in [-0.1, -0.05) is 26.0 Å². The molecule has 0 heterocycles. The van der Waals surface area contributed by atoms with Crippen LogP contribution in [0.1, 0.15) is 43.4 Å². The van der Waals surface area contributed by atoms with E-state index in [-0.39, 0.29) is 0 Å². The number of ether oxygens (including phenoxy) is 1. The Morgan fingerprint density at radius 2 is 1.62 bits per heavy atom. The summed E-state index contributed by atoms with van der Waals surface area (Å²) in [7, 11) is 0. The minimum atomic E-state index is -0.442. The lowest BCUT2D eigenvalue weighted by Gasteiger charge is -2.24. The molecular formula is C18H31NO2. The quantitative estimate of drug-likeness (QED) is 0.756. The first kappa shape index (κ1) is 18.0. The molecule has 0 unspecified atom stereocenters. The maximum atomic E-state index is 10.2. The Bertz CT molecular complexity index is 425. The Kier molecular flexibility index (Phi) is 7.76. The number of aliphatic hydroxyl groups excluding tert-OH is 1. The van der Waals surface area contributed by atoms with Gasteiger partial charge < -0.3 is 14.7 Å². The van der Waals surface area contributed by atoms with Crippen LogP contribution in [0.2, 0.25) is 0 Å². The number of nitrogens with zero attached hydrogens (tertiary/aromatic N) is 1. The third-order valence-electron chi connectivity index (χ3n) is 3.84. The molecule has 0 saturated heterocycles. The van der Waals surface area contributed by atoms with E-state index in [1.165, 1.54) is 11.1 Å². The second-order valence-corrected chi connectivity index (χ2v) is 5.92. The largest absolute Gasteiger partial charge is 0.490 e. The van der Waals surface area contributed by atoms with E-state index in [0.717, 1.165) is 37.2 Å². The predicted molar refractivity (Wildman–Crippen MR) is 89.2 cm³/mol. The molecule has 0 aliphatic carbocycles. The molecule has 1 aromatic carbocycles. The Labute approximate surface area is 129 Å². The summed E-state index contributed by atoms with van der Waals surface area (Å²) in [5, 5.41) is 10.2. The van der Waals surface area contributed by atoms with Crippen molar-refractivity contribution in [1.29, 1.82) is 0 Å². The van der Waals surface area contributed by atoms with Crippen molar-refractivity contribution in [2.45, 2.75) is 53.6 Å². The number of hydrogen-bond donors (Lipinski definition) is 1. The molecule has 0 saturated carbocycles. The van der Waals surface area contributed by atoms with Crippen molar-refractivity contribution in [3.05, 3.63) is 28.8 Å². The van der Waals surface area contributed by atoms with Gasteiger partial charge in [-0.15, -0.1) is 0 Å². The summed E-state index contributed by atoms with van der Waals surface area (Å²) in [6, 6.07) is 4.18. The summed E-state index contributed by atoms with van der Waals surface area (Å²) in [6.45, 7) is 13.7. The standard InChI is InChI=1S/C18H31NO2/c1-6-10-19(11-7-2)12-17(20)13-21-18-15(4)9-8-14(3)16(18)5/h8-9,17,20H,6-7,10-13H2,1-5H3/t17-/m0/s1. The first-order valence-electron chi connectivity index (χ1n) is 8.09. The van der Waals surface area contributed by atoms with Gasteiger partial charge in [-0.05, 0) is 63.4 Å². The van der Waals surface area contributed by atoms with E-state index in [0.29, 0.717) is 13.2 Å². The van der Waals surface area contributed by atoms with E-state index in [4.69, 9.17) is 4.74 Å². The second-order valence-electron chi connectivity index (χ2n) is 5.92. The molecule has 120 valence electrons. The lowest BCUT2D eigenvalue weighted by Crippen LogP contribution is -2.36. The lowest BCUT2D eigenvalue weighted by atomic mass is 10.1. The van der Waals surface area contributed by atoms with Crippen LogP contribution in [-0.4, -0.2) is 42.4 Å². The molecule has 0 fully saturated rings. The number of aryl methyl sites for hydroxylation is 2. The fourth-order valence-corrected chi connectivity index (χ4v) is 2.60. The summed E-state index contributed by atoms with van der Waals surface area (Å²) in [5.74, 6) is 0.923. The van der Waals surface area contributed by atoms with Gasteiger partial charge in [0.15, 0.2) is 0 Å². The minimum absolute atomic E-state index is 0.356. The Balaban J connectivity index is 2.56. The monoisotopic (exact) mass is 293 g/mol. The lowest BCUT2D eigenvalue weighted by molar-refractivity contribution is 0.0676. The Hall–Kier alpha value is -1.06. The molecule has 0 amide bonds. The summed E-state index contributed by atoms with van der Waals surface area (Å²) >= 11 is 0.